The molecular formula is C14H19ClN2O. The molecule has 2 rings (SSSR count). The molecule has 1 aliphatic carbocycles. The molecule has 98 valence electrons. The largest absolute Gasteiger partial charge is 0.349 e. The fourth-order valence-electron chi connectivity index (χ4n) is 2.36. The highest BCUT2D eigenvalue weighted by Crippen LogP contribution is 2.32. The van der Waals surface area contributed by atoms with Crippen molar-refractivity contribution < 1.29 is 4.79 Å². The topological polar surface area (TPSA) is 55.1 Å². The van der Waals surface area contributed by atoms with Crippen molar-refractivity contribution in [3.63, 3.8) is 0 Å². The van der Waals surface area contributed by atoms with Crippen LogP contribution in [0.3, 0.4) is 0 Å². The Morgan fingerprint density at radius 1 is 1.61 bits per heavy atom. The third-order valence-electron chi connectivity index (χ3n) is 3.34. The fourth-order valence-corrected chi connectivity index (χ4v) is 2.56. The van der Waals surface area contributed by atoms with Gasteiger partial charge in [-0.25, -0.2) is 0 Å². The van der Waals surface area contributed by atoms with E-state index in [-0.39, 0.29) is 18.0 Å². The summed E-state index contributed by atoms with van der Waals surface area (Å²) < 4.78 is 0. The van der Waals surface area contributed by atoms with E-state index in [0.717, 1.165) is 24.3 Å². The minimum atomic E-state index is 0.0745. The highest BCUT2D eigenvalue weighted by Gasteiger charge is 2.23. The molecule has 0 heterocycles. The number of fused-ring (bicyclic) bond motifs is 1. The molecule has 1 aliphatic rings. The van der Waals surface area contributed by atoms with E-state index in [9.17, 15) is 4.79 Å². The first kappa shape index (κ1) is 13.4. The van der Waals surface area contributed by atoms with E-state index in [2.05, 4.69) is 5.32 Å². The summed E-state index contributed by atoms with van der Waals surface area (Å²) in [6, 6.07) is 6.10. The third-order valence-corrected chi connectivity index (χ3v) is 3.58. The number of benzene rings is 1. The normalized spacial score (nSPS) is 19.4. The predicted octanol–water partition coefficient (Wildman–Crippen LogP) is 2.57. The Bertz CT molecular complexity index is 445. The molecule has 0 fully saturated rings. The lowest BCUT2D eigenvalue weighted by atomic mass is 10.1. The van der Waals surface area contributed by atoms with E-state index < -0.39 is 0 Å². The Morgan fingerprint density at radius 2 is 2.39 bits per heavy atom. The highest BCUT2D eigenvalue weighted by atomic mass is 35.5. The molecule has 0 saturated carbocycles. The second-order valence-electron chi connectivity index (χ2n) is 5.02. The Balaban J connectivity index is 1.95. The maximum atomic E-state index is 11.8. The van der Waals surface area contributed by atoms with Crippen molar-refractivity contribution in [1.82, 2.24) is 5.32 Å². The van der Waals surface area contributed by atoms with Crippen LogP contribution in [0.25, 0.3) is 0 Å². The molecule has 0 spiro atoms. The lowest BCUT2D eigenvalue weighted by molar-refractivity contribution is -0.122. The SMILES string of the molecule is CC(N)CCC(=O)NC1CCc2cc(Cl)ccc21. The predicted molar refractivity (Wildman–Crippen MR) is 73.5 cm³/mol. The second kappa shape index (κ2) is 5.72. The lowest BCUT2D eigenvalue weighted by Gasteiger charge is -2.14. The van der Waals surface area contributed by atoms with Crippen LogP contribution in [0.2, 0.25) is 5.02 Å². The van der Waals surface area contributed by atoms with Gasteiger partial charge < -0.3 is 11.1 Å². The summed E-state index contributed by atoms with van der Waals surface area (Å²) in [6.07, 6.45) is 3.16. The van der Waals surface area contributed by atoms with Gasteiger partial charge >= 0.3 is 0 Å². The number of amides is 1. The summed E-state index contributed by atoms with van der Waals surface area (Å²) in [7, 11) is 0. The van der Waals surface area contributed by atoms with Crippen LogP contribution in [0.5, 0.6) is 0 Å². The minimum Gasteiger partial charge on any atom is -0.349 e. The first-order valence-electron chi connectivity index (χ1n) is 6.39. The summed E-state index contributed by atoms with van der Waals surface area (Å²) in [5, 5.41) is 3.83. The number of hydrogen-bond donors (Lipinski definition) is 2. The highest BCUT2D eigenvalue weighted by molar-refractivity contribution is 6.30. The molecule has 18 heavy (non-hydrogen) atoms. The van der Waals surface area contributed by atoms with Crippen molar-refractivity contribution in [2.45, 2.75) is 44.7 Å². The van der Waals surface area contributed by atoms with Gasteiger partial charge in [0, 0.05) is 17.5 Å². The molecule has 0 radical (unpaired) electrons. The van der Waals surface area contributed by atoms with E-state index >= 15 is 0 Å². The Kier molecular flexibility index (Phi) is 4.25. The van der Waals surface area contributed by atoms with E-state index in [1.165, 1.54) is 11.1 Å². The zero-order valence-corrected chi connectivity index (χ0v) is 11.3. The molecule has 0 saturated heterocycles. The molecule has 0 bridgehead atoms. The average molecular weight is 267 g/mol. The van der Waals surface area contributed by atoms with Gasteiger partial charge in [0.25, 0.3) is 0 Å². The van der Waals surface area contributed by atoms with Gasteiger partial charge in [-0.1, -0.05) is 17.7 Å². The van der Waals surface area contributed by atoms with Crippen LogP contribution < -0.4 is 11.1 Å². The molecular weight excluding hydrogens is 248 g/mol. The van der Waals surface area contributed by atoms with Crippen LogP contribution in [0.4, 0.5) is 0 Å². The van der Waals surface area contributed by atoms with Gasteiger partial charge in [-0.2, -0.15) is 0 Å². The summed E-state index contributed by atoms with van der Waals surface area (Å²) in [5.74, 6) is 0.0834. The Labute approximate surface area is 113 Å². The smallest absolute Gasteiger partial charge is 0.220 e. The Hall–Kier alpha value is -1.06. The lowest BCUT2D eigenvalue weighted by Crippen LogP contribution is -2.28. The van der Waals surface area contributed by atoms with Crippen LogP contribution in [0.1, 0.15) is 43.4 Å². The summed E-state index contributed by atoms with van der Waals surface area (Å²) >= 11 is 5.96. The average Bonchev–Trinajstić information content (AvgIpc) is 2.69. The van der Waals surface area contributed by atoms with Gasteiger partial charge in [0.1, 0.15) is 0 Å². The molecule has 0 aromatic heterocycles. The number of aryl methyl sites for hydroxylation is 1. The second-order valence-corrected chi connectivity index (χ2v) is 5.45. The minimum absolute atomic E-state index is 0.0745. The van der Waals surface area contributed by atoms with Crippen molar-refractivity contribution >= 4 is 17.5 Å². The number of rotatable bonds is 4. The van der Waals surface area contributed by atoms with E-state index in [1.54, 1.807) is 0 Å². The van der Waals surface area contributed by atoms with Gasteiger partial charge in [0.05, 0.1) is 6.04 Å². The summed E-state index contributed by atoms with van der Waals surface area (Å²) in [5.41, 5.74) is 8.10. The molecule has 2 atom stereocenters. The van der Waals surface area contributed by atoms with Crippen molar-refractivity contribution in [2.24, 2.45) is 5.73 Å². The van der Waals surface area contributed by atoms with Crippen molar-refractivity contribution in [2.75, 3.05) is 0 Å². The van der Waals surface area contributed by atoms with Crippen LogP contribution in [-0.4, -0.2) is 11.9 Å². The molecule has 3 nitrogen and oxygen atoms in total. The van der Waals surface area contributed by atoms with Crippen molar-refractivity contribution in [3.8, 4) is 0 Å². The van der Waals surface area contributed by atoms with Crippen LogP contribution in [-0.2, 0) is 11.2 Å². The molecule has 1 amide bonds. The van der Waals surface area contributed by atoms with Crippen LogP contribution in [0, 0.1) is 0 Å². The van der Waals surface area contributed by atoms with Crippen molar-refractivity contribution in [1.29, 1.82) is 0 Å². The number of carbonyl (C=O) groups is 1. The summed E-state index contributed by atoms with van der Waals surface area (Å²) in [6.45, 7) is 1.92. The molecule has 1 aromatic carbocycles. The molecule has 0 aliphatic heterocycles. The van der Waals surface area contributed by atoms with Crippen LogP contribution >= 0.6 is 11.6 Å². The summed E-state index contributed by atoms with van der Waals surface area (Å²) in [4.78, 5) is 11.8. The maximum absolute atomic E-state index is 11.8. The van der Waals surface area contributed by atoms with Gasteiger partial charge in [-0.3, -0.25) is 4.79 Å². The standard InChI is InChI=1S/C14H19ClN2O/c1-9(16)2-7-14(18)17-13-6-3-10-8-11(15)4-5-12(10)13/h4-5,8-9,13H,2-3,6-7,16H2,1H3,(H,17,18). The van der Waals surface area contributed by atoms with Gasteiger partial charge in [-0.05, 0) is 49.4 Å². The maximum Gasteiger partial charge on any atom is 0.220 e. The first-order valence-corrected chi connectivity index (χ1v) is 6.77. The van der Waals surface area contributed by atoms with E-state index in [1.807, 2.05) is 25.1 Å². The number of nitrogens with two attached hydrogens (primary N) is 1. The number of halogens is 1. The molecule has 4 heteroatoms. The zero-order valence-electron chi connectivity index (χ0n) is 10.6. The molecule has 3 N–H and O–H groups in total. The van der Waals surface area contributed by atoms with E-state index in [4.69, 9.17) is 17.3 Å². The molecule has 1 aromatic rings. The van der Waals surface area contributed by atoms with Crippen LogP contribution in [0.15, 0.2) is 18.2 Å². The van der Waals surface area contributed by atoms with E-state index in [0.29, 0.717) is 6.42 Å². The Morgan fingerprint density at radius 3 is 3.11 bits per heavy atom. The van der Waals surface area contributed by atoms with Gasteiger partial charge in [0.2, 0.25) is 5.91 Å². The van der Waals surface area contributed by atoms with Gasteiger partial charge in [0.15, 0.2) is 0 Å². The number of hydrogen-bond acceptors (Lipinski definition) is 2. The van der Waals surface area contributed by atoms with Gasteiger partial charge in [-0.15, -0.1) is 0 Å². The first-order chi connectivity index (χ1) is 8.56. The fraction of sp³-hybridized carbons (Fsp3) is 0.500. The monoisotopic (exact) mass is 266 g/mol. The number of nitrogens with one attached hydrogen (secondary N) is 1. The molecule has 2 unspecified atom stereocenters. The van der Waals surface area contributed by atoms with Crippen molar-refractivity contribution in [3.05, 3.63) is 34.3 Å². The number of carbonyl (C=O) groups excluding carboxylic acids is 1. The third kappa shape index (κ3) is 3.24. The quantitative estimate of drug-likeness (QED) is 0.880. The zero-order chi connectivity index (χ0) is 13.1.